The lowest BCUT2D eigenvalue weighted by atomic mass is 10.1. The van der Waals surface area contributed by atoms with Crippen LogP contribution in [0.2, 0.25) is 0 Å². The van der Waals surface area contributed by atoms with Crippen LogP contribution in [0.4, 0.5) is 5.69 Å². The van der Waals surface area contributed by atoms with E-state index in [2.05, 4.69) is 21.0 Å². The van der Waals surface area contributed by atoms with Gasteiger partial charge >= 0.3 is 0 Å². The predicted molar refractivity (Wildman–Crippen MR) is 105 cm³/mol. The number of fused-ring (bicyclic) bond motifs is 1. The number of pyridine rings is 1. The highest BCUT2D eigenvalue weighted by Gasteiger charge is 2.29. The molecule has 1 amide bonds. The van der Waals surface area contributed by atoms with Crippen LogP contribution in [0.1, 0.15) is 35.1 Å². The SMILES string of the molecule is O=C(c1ccccc1)N1CCO[C@@H](c2nc3ccc(N4CCCC4)cn3n2)C1. The molecule has 28 heavy (non-hydrogen) atoms. The van der Waals surface area contributed by atoms with Crippen molar-refractivity contribution in [3.05, 3.63) is 60.0 Å². The molecule has 5 rings (SSSR count). The second-order valence-corrected chi connectivity index (χ2v) is 7.33. The number of hydrogen-bond acceptors (Lipinski definition) is 5. The van der Waals surface area contributed by atoms with Gasteiger partial charge in [0.15, 0.2) is 11.5 Å². The third-order valence-corrected chi connectivity index (χ3v) is 5.47. The summed E-state index contributed by atoms with van der Waals surface area (Å²) >= 11 is 0. The number of rotatable bonds is 3. The Hall–Kier alpha value is -2.93. The van der Waals surface area contributed by atoms with E-state index in [0.29, 0.717) is 31.1 Å². The Morgan fingerprint density at radius 2 is 1.86 bits per heavy atom. The molecule has 0 saturated carbocycles. The van der Waals surface area contributed by atoms with Gasteiger partial charge < -0.3 is 14.5 Å². The molecular weight excluding hydrogens is 354 g/mol. The van der Waals surface area contributed by atoms with Crippen molar-refractivity contribution in [1.82, 2.24) is 19.5 Å². The van der Waals surface area contributed by atoms with Crippen LogP contribution >= 0.6 is 0 Å². The second-order valence-electron chi connectivity index (χ2n) is 7.33. The molecule has 2 fully saturated rings. The lowest BCUT2D eigenvalue weighted by Crippen LogP contribution is -2.42. The Bertz CT molecular complexity index is 981. The molecule has 3 aromatic rings. The van der Waals surface area contributed by atoms with Crippen LogP contribution in [0.5, 0.6) is 0 Å². The normalized spacial score (nSPS) is 20.1. The van der Waals surface area contributed by atoms with Crippen LogP contribution in [-0.2, 0) is 4.74 Å². The van der Waals surface area contributed by atoms with Crippen LogP contribution in [-0.4, -0.2) is 58.2 Å². The summed E-state index contributed by atoms with van der Waals surface area (Å²) in [6.07, 6.45) is 4.20. The van der Waals surface area contributed by atoms with E-state index in [4.69, 9.17) is 4.74 Å². The highest BCUT2D eigenvalue weighted by molar-refractivity contribution is 5.94. The molecule has 2 aromatic heterocycles. The number of hydrogen-bond donors (Lipinski definition) is 0. The Morgan fingerprint density at radius 3 is 2.68 bits per heavy atom. The zero-order valence-electron chi connectivity index (χ0n) is 15.7. The molecule has 4 heterocycles. The third-order valence-electron chi connectivity index (χ3n) is 5.47. The molecule has 0 radical (unpaired) electrons. The number of carbonyl (C=O) groups excluding carboxylic acids is 1. The van der Waals surface area contributed by atoms with Crippen LogP contribution in [0, 0.1) is 0 Å². The zero-order valence-corrected chi connectivity index (χ0v) is 15.7. The molecule has 7 nitrogen and oxygen atoms in total. The van der Waals surface area contributed by atoms with Crippen molar-refractivity contribution in [2.45, 2.75) is 18.9 Å². The van der Waals surface area contributed by atoms with Crippen LogP contribution in [0.3, 0.4) is 0 Å². The van der Waals surface area contributed by atoms with Crippen molar-refractivity contribution in [3.63, 3.8) is 0 Å². The molecule has 0 unspecified atom stereocenters. The number of benzene rings is 1. The summed E-state index contributed by atoms with van der Waals surface area (Å²) in [6, 6.07) is 13.5. The lowest BCUT2D eigenvalue weighted by Gasteiger charge is -2.31. The van der Waals surface area contributed by atoms with Crippen molar-refractivity contribution in [3.8, 4) is 0 Å². The number of morpholine rings is 1. The summed E-state index contributed by atoms with van der Waals surface area (Å²) < 4.78 is 7.72. The molecule has 2 aliphatic rings. The van der Waals surface area contributed by atoms with E-state index in [-0.39, 0.29) is 12.0 Å². The Balaban J connectivity index is 1.36. The summed E-state index contributed by atoms with van der Waals surface area (Å²) in [4.78, 5) is 21.6. The van der Waals surface area contributed by atoms with E-state index in [1.54, 1.807) is 0 Å². The average Bonchev–Trinajstić information content (AvgIpc) is 3.43. The highest BCUT2D eigenvalue weighted by Crippen LogP contribution is 2.24. The van der Waals surface area contributed by atoms with Crippen LogP contribution in [0.25, 0.3) is 5.65 Å². The Morgan fingerprint density at radius 1 is 1.04 bits per heavy atom. The molecule has 7 heteroatoms. The van der Waals surface area contributed by atoms with Crippen molar-refractivity contribution in [1.29, 1.82) is 0 Å². The average molecular weight is 377 g/mol. The number of nitrogens with zero attached hydrogens (tertiary/aromatic N) is 5. The van der Waals surface area contributed by atoms with Crippen LogP contribution in [0.15, 0.2) is 48.7 Å². The first kappa shape index (κ1) is 17.2. The van der Waals surface area contributed by atoms with E-state index < -0.39 is 0 Å². The highest BCUT2D eigenvalue weighted by atomic mass is 16.5. The summed E-state index contributed by atoms with van der Waals surface area (Å²) in [7, 11) is 0. The molecule has 0 bridgehead atoms. The van der Waals surface area contributed by atoms with E-state index >= 15 is 0 Å². The van der Waals surface area contributed by atoms with E-state index in [1.807, 2.05) is 52.0 Å². The largest absolute Gasteiger partial charge is 0.370 e. The van der Waals surface area contributed by atoms with Crippen molar-refractivity contribution < 1.29 is 9.53 Å². The molecule has 2 saturated heterocycles. The number of ether oxygens (including phenoxy) is 1. The molecule has 2 aliphatic heterocycles. The number of carbonyl (C=O) groups is 1. The van der Waals surface area contributed by atoms with Crippen molar-refractivity contribution in [2.24, 2.45) is 0 Å². The monoisotopic (exact) mass is 377 g/mol. The van der Waals surface area contributed by atoms with Gasteiger partial charge in [-0.3, -0.25) is 4.79 Å². The lowest BCUT2D eigenvalue weighted by molar-refractivity contribution is -0.0266. The smallest absolute Gasteiger partial charge is 0.254 e. The fraction of sp³-hybridized carbons (Fsp3) is 0.381. The van der Waals surface area contributed by atoms with Gasteiger partial charge in [-0.05, 0) is 37.1 Å². The van der Waals surface area contributed by atoms with Gasteiger partial charge in [0.25, 0.3) is 5.91 Å². The molecule has 144 valence electrons. The molecular formula is C21H23N5O2. The second kappa shape index (κ2) is 7.24. The minimum atomic E-state index is -0.309. The summed E-state index contributed by atoms with van der Waals surface area (Å²) in [5.74, 6) is 0.651. The minimum Gasteiger partial charge on any atom is -0.370 e. The van der Waals surface area contributed by atoms with Gasteiger partial charge in [0.2, 0.25) is 0 Å². The standard InChI is InChI=1S/C21H23N5O2/c27-21(16-6-2-1-3-7-16)25-12-13-28-18(15-25)20-22-19-9-8-17(14-26(19)23-20)24-10-4-5-11-24/h1-3,6-9,14,18H,4-5,10-13,15H2/t18-/m1/s1. The maximum Gasteiger partial charge on any atom is 0.254 e. The van der Waals surface area contributed by atoms with E-state index in [0.717, 1.165) is 18.7 Å². The summed E-state index contributed by atoms with van der Waals surface area (Å²) in [5.41, 5.74) is 2.67. The fourth-order valence-corrected chi connectivity index (χ4v) is 3.94. The first-order chi connectivity index (χ1) is 13.8. The molecule has 0 N–H and O–H groups in total. The van der Waals surface area contributed by atoms with Gasteiger partial charge in [-0.25, -0.2) is 9.50 Å². The zero-order chi connectivity index (χ0) is 18.9. The van der Waals surface area contributed by atoms with Gasteiger partial charge in [0.1, 0.15) is 6.10 Å². The fourth-order valence-electron chi connectivity index (χ4n) is 3.94. The molecule has 0 aliphatic carbocycles. The Kier molecular flexibility index (Phi) is 4.44. The van der Waals surface area contributed by atoms with Gasteiger partial charge in [-0.15, -0.1) is 5.10 Å². The topological polar surface area (TPSA) is 63.0 Å². The van der Waals surface area contributed by atoms with Gasteiger partial charge in [-0.1, -0.05) is 18.2 Å². The minimum absolute atomic E-state index is 0.0222. The van der Waals surface area contributed by atoms with Gasteiger partial charge in [-0.2, -0.15) is 0 Å². The number of anilines is 1. The predicted octanol–water partition coefficient (Wildman–Crippen LogP) is 2.54. The van der Waals surface area contributed by atoms with Crippen molar-refractivity contribution >= 4 is 17.2 Å². The van der Waals surface area contributed by atoms with Crippen LogP contribution < -0.4 is 4.90 Å². The third kappa shape index (κ3) is 3.22. The van der Waals surface area contributed by atoms with Gasteiger partial charge in [0.05, 0.1) is 25.0 Å². The molecule has 0 spiro atoms. The van der Waals surface area contributed by atoms with Gasteiger partial charge in [0, 0.05) is 25.2 Å². The Labute approximate surface area is 163 Å². The first-order valence-corrected chi connectivity index (χ1v) is 9.85. The maximum absolute atomic E-state index is 12.8. The number of aromatic nitrogens is 3. The quantitative estimate of drug-likeness (QED) is 0.702. The van der Waals surface area contributed by atoms with E-state index in [9.17, 15) is 4.79 Å². The van der Waals surface area contributed by atoms with E-state index in [1.165, 1.54) is 18.5 Å². The maximum atomic E-state index is 12.8. The first-order valence-electron chi connectivity index (χ1n) is 9.85. The summed E-state index contributed by atoms with van der Waals surface area (Å²) in [6.45, 7) is 3.71. The summed E-state index contributed by atoms with van der Waals surface area (Å²) in [5, 5.41) is 4.65. The number of amides is 1. The molecule has 1 atom stereocenters. The van der Waals surface area contributed by atoms with Crippen molar-refractivity contribution in [2.75, 3.05) is 37.7 Å². The molecule has 1 aromatic carbocycles.